The van der Waals surface area contributed by atoms with Crippen molar-refractivity contribution in [2.45, 2.75) is 13.5 Å². The smallest absolute Gasteiger partial charge is 0.317 e. The number of methoxy groups -OCH3 is 1. The van der Waals surface area contributed by atoms with E-state index in [9.17, 15) is 4.79 Å². The monoisotopic (exact) mass is 374 g/mol. The molecule has 6 nitrogen and oxygen atoms in total. The van der Waals surface area contributed by atoms with Gasteiger partial charge in [0.05, 0.1) is 12.8 Å². The van der Waals surface area contributed by atoms with Crippen LogP contribution in [-0.4, -0.2) is 49.2 Å². The molecule has 0 unspecified atom stereocenters. The Balaban J connectivity index is 1.57. The molecule has 138 valence electrons. The first-order chi connectivity index (χ1) is 12.6. The number of nitrogens with zero attached hydrogens (tertiary/aromatic N) is 3. The molecular formula is C19H23ClN4O2. The van der Waals surface area contributed by atoms with Crippen molar-refractivity contribution in [3.63, 3.8) is 0 Å². The summed E-state index contributed by atoms with van der Waals surface area (Å²) in [5.41, 5.74) is 3.02. The number of pyridine rings is 1. The van der Waals surface area contributed by atoms with Gasteiger partial charge in [0.15, 0.2) is 0 Å². The van der Waals surface area contributed by atoms with Gasteiger partial charge in [-0.1, -0.05) is 17.7 Å². The third-order valence-corrected chi connectivity index (χ3v) is 4.94. The molecule has 2 aromatic rings. The Morgan fingerprint density at radius 2 is 2.08 bits per heavy atom. The molecule has 1 aliphatic rings. The fraction of sp³-hybridized carbons (Fsp3) is 0.368. The predicted molar refractivity (Wildman–Crippen MR) is 103 cm³/mol. The van der Waals surface area contributed by atoms with Crippen LogP contribution in [0.3, 0.4) is 0 Å². The summed E-state index contributed by atoms with van der Waals surface area (Å²) in [6.45, 7) is 5.27. The van der Waals surface area contributed by atoms with Gasteiger partial charge >= 0.3 is 6.03 Å². The number of nitrogens with one attached hydrogen (secondary N) is 1. The minimum atomic E-state index is -0.0484. The number of carbonyl (C=O) groups excluding carboxylic acids is 1. The van der Waals surface area contributed by atoms with Gasteiger partial charge in [-0.15, -0.1) is 0 Å². The molecule has 7 heteroatoms. The van der Waals surface area contributed by atoms with Gasteiger partial charge in [0.1, 0.15) is 5.75 Å². The lowest BCUT2D eigenvalue weighted by Crippen LogP contribution is -2.51. The van der Waals surface area contributed by atoms with Crippen molar-refractivity contribution in [1.82, 2.24) is 15.2 Å². The average molecular weight is 375 g/mol. The Bertz CT molecular complexity index is 762. The van der Waals surface area contributed by atoms with Crippen LogP contribution in [0, 0.1) is 6.92 Å². The number of anilines is 1. The van der Waals surface area contributed by atoms with Crippen LogP contribution < -0.4 is 15.0 Å². The van der Waals surface area contributed by atoms with Gasteiger partial charge in [0, 0.05) is 56.2 Å². The number of rotatable bonds is 4. The number of aryl methyl sites for hydroxylation is 1. The molecule has 2 heterocycles. The number of hydrogen-bond acceptors (Lipinski definition) is 4. The molecule has 0 saturated carbocycles. The number of benzene rings is 1. The van der Waals surface area contributed by atoms with Crippen molar-refractivity contribution >= 4 is 23.3 Å². The van der Waals surface area contributed by atoms with Gasteiger partial charge in [-0.3, -0.25) is 4.98 Å². The van der Waals surface area contributed by atoms with Crippen LogP contribution in [0.2, 0.25) is 5.02 Å². The van der Waals surface area contributed by atoms with Crippen LogP contribution in [0.15, 0.2) is 36.7 Å². The molecule has 0 bridgehead atoms. The van der Waals surface area contributed by atoms with E-state index in [0.717, 1.165) is 35.7 Å². The number of hydrogen-bond donors (Lipinski definition) is 1. The van der Waals surface area contributed by atoms with Gasteiger partial charge in [0.2, 0.25) is 0 Å². The zero-order valence-corrected chi connectivity index (χ0v) is 15.8. The molecular weight excluding hydrogens is 352 g/mol. The summed E-state index contributed by atoms with van der Waals surface area (Å²) in [4.78, 5) is 20.5. The van der Waals surface area contributed by atoms with E-state index in [4.69, 9.17) is 16.3 Å². The molecule has 26 heavy (non-hydrogen) atoms. The summed E-state index contributed by atoms with van der Waals surface area (Å²) >= 11 is 6.19. The van der Waals surface area contributed by atoms with E-state index in [1.807, 2.05) is 36.1 Å². The topological polar surface area (TPSA) is 57.7 Å². The fourth-order valence-electron chi connectivity index (χ4n) is 3.00. The normalized spacial score (nSPS) is 14.3. The lowest BCUT2D eigenvalue weighted by atomic mass is 10.1. The van der Waals surface area contributed by atoms with E-state index in [1.54, 1.807) is 19.5 Å². The number of amides is 2. The van der Waals surface area contributed by atoms with E-state index in [1.165, 1.54) is 0 Å². The van der Waals surface area contributed by atoms with Crippen LogP contribution in [0.25, 0.3) is 0 Å². The standard InChI is InChI=1S/C19H23ClN4O2/c1-14-10-17(18(26-2)11-16(14)20)23-6-8-24(9-7-23)19(25)22-13-15-4-3-5-21-12-15/h3-5,10-12H,6-9,13H2,1-2H3,(H,22,25). The third kappa shape index (κ3) is 4.19. The molecule has 1 N–H and O–H groups in total. The highest BCUT2D eigenvalue weighted by molar-refractivity contribution is 6.31. The van der Waals surface area contributed by atoms with E-state index in [2.05, 4.69) is 15.2 Å². The van der Waals surface area contributed by atoms with E-state index in [0.29, 0.717) is 24.7 Å². The van der Waals surface area contributed by atoms with Gasteiger partial charge in [-0.2, -0.15) is 0 Å². The molecule has 1 aromatic carbocycles. The number of piperazine rings is 1. The van der Waals surface area contributed by atoms with Crippen molar-refractivity contribution in [2.24, 2.45) is 0 Å². The Morgan fingerprint density at radius 1 is 1.31 bits per heavy atom. The minimum absolute atomic E-state index is 0.0484. The molecule has 0 aliphatic carbocycles. The summed E-state index contributed by atoms with van der Waals surface area (Å²) in [5.74, 6) is 0.759. The summed E-state index contributed by atoms with van der Waals surface area (Å²) in [5, 5.41) is 3.64. The summed E-state index contributed by atoms with van der Waals surface area (Å²) in [6, 6.07) is 7.65. The Hall–Kier alpha value is -2.47. The van der Waals surface area contributed by atoms with Crippen LogP contribution in [0.1, 0.15) is 11.1 Å². The summed E-state index contributed by atoms with van der Waals surface area (Å²) in [6.07, 6.45) is 3.48. The molecule has 0 spiro atoms. The van der Waals surface area contributed by atoms with Crippen molar-refractivity contribution in [1.29, 1.82) is 0 Å². The van der Waals surface area contributed by atoms with Crippen LogP contribution in [0.5, 0.6) is 5.75 Å². The number of halogens is 1. The van der Waals surface area contributed by atoms with Crippen LogP contribution in [0.4, 0.5) is 10.5 Å². The highest BCUT2D eigenvalue weighted by Crippen LogP contribution is 2.34. The first-order valence-electron chi connectivity index (χ1n) is 8.59. The maximum atomic E-state index is 12.4. The molecule has 1 saturated heterocycles. The number of carbonyl (C=O) groups is 1. The van der Waals surface area contributed by atoms with Crippen molar-refractivity contribution in [2.75, 3.05) is 38.2 Å². The fourth-order valence-corrected chi connectivity index (χ4v) is 3.15. The Labute approximate surface area is 158 Å². The maximum absolute atomic E-state index is 12.4. The number of aromatic nitrogens is 1. The zero-order chi connectivity index (χ0) is 18.5. The van der Waals surface area contributed by atoms with E-state index >= 15 is 0 Å². The molecule has 1 fully saturated rings. The second kappa shape index (κ2) is 8.27. The SMILES string of the molecule is COc1cc(Cl)c(C)cc1N1CCN(C(=O)NCc2cccnc2)CC1. The van der Waals surface area contributed by atoms with Crippen LogP contribution in [-0.2, 0) is 6.54 Å². The second-order valence-corrected chi connectivity index (χ2v) is 6.67. The highest BCUT2D eigenvalue weighted by atomic mass is 35.5. The molecule has 2 amide bonds. The quantitative estimate of drug-likeness (QED) is 0.893. The minimum Gasteiger partial charge on any atom is -0.495 e. The van der Waals surface area contributed by atoms with Crippen LogP contribution >= 0.6 is 11.6 Å². The third-order valence-electron chi connectivity index (χ3n) is 4.53. The number of urea groups is 1. The lowest BCUT2D eigenvalue weighted by molar-refractivity contribution is 0.194. The molecule has 3 rings (SSSR count). The van der Waals surface area contributed by atoms with Crippen molar-refractivity contribution in [3.8, 4) is 5.75 Å². The largest absolute Gasteiger partial charge is 0.495 e. The predicted octanol–water partition coefficient (Wildman–Crippen LogP) is 3.08. The second-order valence-electron chi connectivity index (χ2n) is 6.27. The highest BCUT2D eigenvalue weighted by Gasteiger charge is 2.23. The van der Waals surface area contributed by atoms with Gasteiger partial charge in [-0.05, 0) is 30.2 Å². The Kier molecular flexibility index (Phi) is 5.83. The summed E-state index contributed by atoms with van der Waals surface area (Å²) < 4.78 is 5.47. The Morgan fingerprint density at radius 3 is 2.73 bits per heavy atom. The van der Waals surface area contributed by atoms with Gasteiger partial charge in [0.25, 0.3) is 0 Å². The number of ether oxygens (including phenoxy) is 1. The zero-order valence-electron chi connectivity index (χ0n) is 15.0. The van der Waals surface area contributed by atoms with Crippen molar-refractivity contribution in [3.05, 3.63) is 52.8 Å². The molecule has 0 atom stereocenters. The first kappa shape index (κ1) is 18.3. The average Bonchev–Trinajstić information content (AvgIpc) is 2.68. The van der Waals surface area contributed by atoms with E-state index < -0.39 is 0 Å². The van der Waals surface area contributed by atoms with Gasteiger partial charge < -0.3 is 19.9 Å². The van der Waals surface area contributed by atoms with E-state index in [-0.39, 0.29) is 6.03 Å². The lowest BCUT2D eigenvalue weighted by Gasteiger charge is -2.36. The maximum Gasteiger partial charge on any atom is 0.317 e. The first-order valence-corrected chi connectivity index (χ1v) is 8.97. The summed E-state index contributed by atoms with van der Waals surface area (Å²) in [7, 11) is 1.65. The van der Waals surface area contributed by atoms with Crippen molar-refractivity contribution < 1.29 is 9.53 Å². The molecule has 1 aliphatic heterocycles. The van der Waals surface area contributed by atoms with Gasteiger partial charge in [-0.25, -0.2) is 4.79 Å². The molecule has 1 aromatic heterocycles. The molecule has 0 radical (unpaired) electrons.